The van der Waals surface area contributed by atoms with Crippen LogP contribution in [0.1, 0.15) is 17.7 Å². The molecule has 2 amide bonds. The van der Waals surface area contributed by atoms with Gasteiger partial charge in [0.2, 0.25) is 0 Å². The maximum Gasteiger partial charge on any atom is 0.329 e. The molecule has 1 saturated heterocycles. The zero-order chi connectivity index (χ0) is 24.0. The number of anilines is 2. The molecule has 0 aliphatic carbocycles. The summed E-state index contributed by atoms with van der Waals surface area (Å²) in [5, 5.41) is 4.20. The van der Waals surface area contributed by atoms with Crippen LogP contribution >= 0.6 is 0 Å². The third-order valence-corrected chi connectivity index (χ3v) is 6.27. The molecule has 1 fully saturated rings. The van der Waals surface area contributed by atoms with E-state index < -0.39 is 23.4 Å². The Morgan fingerprint density at radius 3 is 2.59 bits per heavy atom. The van der Waals surface area contributed by atoms with Gasteiger partial charge in [-0.1, -0.05) is 0 Å². The van der Waals surface area contributed by atoms with Crippen LogP contribution in [0.3, 0.4) is 0 Å². The summed E-state index contributed by atoms with van der Waals surface area (Å²) in [6, 6.07) is 2.77. The molecule has 0 spiro atoms. The van der Waals surface area contributed by atoms with E-state index in [0.29, 0.717) is 36.1 Å². The van der Waals surface area contributed by atoms with Crippen LogP contribution in [-0.4, -0.2) is 56.5 Å². The molecular formula is C23H25F2N5O4. The number of halogens is 2. The van der Waals surface area contributed by atoms with Crippen molar-refractivity contribution in [2.24, 2.45) is 0 Å². The number of fused-ring (bicyclic) bond motifs is 3. The predicted octanol–water partition coefficient (Wildman–Crippen LogP) is 3.31. The number of aromatic amines is 1. The van der Waals surface area contributed by atoms with Crippen molar-refractivity contribution in [3.05, 3.63) is 41.2 Å². The van der Waals surface area contributed by atoms with Gasteiger partial charge in [-0.3, -0.25) is 9.80 Å². The van der Waals surface area contributed by atoms with E-state index in [4.69, 9.17) is 14.2 Å². The largest absolute Gasteiger partial charge is 0.493 e. The number of hydrogen-bond donors (Lipinski definition) is 2. The average molecular weight is 473 g/mol. The van der Waals surface area contributed by atoms with Gasteiger partial charge in [0, 0.05) is 55.1 Å². The summed E-state index contributed by atoms with van der Waals surface area (Å²) in [5.74, 6) is -2.41. The first-order valence-electron chi connectivity index (χ1n) is 10.9. The van der Waals surface area contributed by atoms with Gasteiger partial charge >= 0.3 is 6.03 Å². The molecule has 4 heterocycles. The van der Waals surface area contributed by atoms with Gasteiger partial charge in [0.15, 0.2) is 23.1 Å². The van der Waals surface area contributed by atoms with Crippen molar-refractivity contribution >= 4 is 28.4 Å². The average Bonchev–Trinajstić information content (AvgIpc) is 3.50. The first-order valence-corrected chi connectivity index (χ1v) is 10.9. The van der Waals surface area contributed by atoms with Crippen molar-refractivity contribution in [1.82, 2.24) is 15.3 Å². The van der Waals surface area contributed by atoms with Crippen LogP contribution in [0, 0.1) is 11.6 Å². The number of urea groups is 1. The lowest BCUT2D eigenvalue weighted by atomic mass is 10.1. The van der Waals surface area contributed by atoms with Gasteiger partial charge < -0.3 is 24.5 Å². The summed E-state index contributed by atoms with van der Waals surface area (Å²) < 4.78 is 45.7. The number of nitrogens with one attached hydrogen (secondary N) is 2. The Morgan fingerprint density at radius 2 is 1.94 bits per heavy atom. The SMILES string of the molecule is COc1cc(OC)c(F)c(N2Cc3cnc4[nH]c(CNC5CCOC5)cc4c3N(C)C2=O)c1F. The topological polar surface area (TPSA) is 91.9 Å². The normalized spacial score (nSPS) is 18.0. The maximum atomic E-state index is 15.1. The molecule has 2 aliphatic rings. The second kappa shape index (κ2) is 8.73. The summed E-state index contributed by atoms with van der Waals surface area (Å²) in [5.41, 5.74) is 2.32. The van der Waals surface area contributed by atoms with Gasteiger partial charge in [-0.05, 0) is 12.5 Å². The number of H-pyrrole nitrogens is 1. The number of carbonyl (C=O) groups is 1. The monoisotopic (exact) mass is 473 g/mol. The summed E-state index contributed by atoms with van der Waals surface area (Å²) in [6.07, 6.45) is 2.57. The van der Waals surface area contributed by atoms with Crippen LogP contribution in [0.15, 0.2) is 18.3 Å². The zero-order valence-corrected chi connectivity index (χ0v) is 19.1. The van der Waals surface area contributed by atoms with E-state index in [0.717, 1.165) is 35.1 Å². The van der Waals surface area contributed by atoms with Gasteiger partial charge in [-0.25, -0.2) is 18.6 Å². The molecule has 2 aromatic heterocycles. The van der Waals surface area contributed by atoms with Crippen LogP contribution in [0.5, 0.6) is 11.5 Å². The van der Waals surface area contributed by atoms with Crippen molar-refractivity contribution in [3.8, 4) is 11.5 Å². The predicted molar refractivity (Wildman–Crippen MR) is 122 cm³/mol. The van der Waals surface area contributed by atoms with Crippen molar-refractivity contribution < 1.29 is 27.8 Å². The first kappa shape index (κ1) is 22.4. The number of hydrogen-bond acceptors (Lipinski definition) is 6. The lowest BCUT2D eigenvalue weighted by Gasteiger charge is -2.35. The Kier molecular flexibility index (Phi) is 5.74. The Bertz CT molecular complexity index is 1230. The molecule has 1 aromatic carbocycles. The highest BCUT2D eigenvalue weighted by atomic mass is 19.1. The molecular weight excluding hydrogens is 448 g/mol. The summed E-state index contributed by atoms with van der Waals surface area (Å²) in [4.78, 5) is 23.5. The Hall–Kier alpha value is -3.44. The van der Waals surface area contributed by atoms with Crippen LogP contribution < -0.4 is 24.6 Å². The van der Waals surface area contributed by atoms with Crippen molar-refractivity contribution in [1.29, 1.82) is 0 Å². The van der Waals surface area contributed by atoms with Gasteiger partial charge in [0.1, 0.15) is 11.3 Å². The fourth-order valence-corrected chi connectivity index (χ4v) is 4.51. The molecule has 34 heavy (non-hydrogen) atoms. The molecule has 0 saturated carbocycles. The van der Waals surface area contributed by atoms with Gasteiger partial charge in [-0.15, -0.1) is 0 Å². The smallest absolute Gasteiger partial charge is 0.329 e. The number of carbonyl (C=O) groups excluding carboxylic acids is 1. The van der Waals surface area contributed by atoms with Crippen LogP contribution in [-0.2, 0) is 17.8 Å². The van der Waals surface area contributed by atoms with Gasteiger partial charge in [0.05, 0.1) is 33.1 Å². The second-order valence-electron chi connectivity index (χ2n) is 8.32. The number of nitrogens with zero attached hydrogens (tertiary/aromatic N) is 3. The van der Waals surface area contributed by atoms with Crippen molar-refractivity contribution in [2.75, 3.05) is 44.3 Å². The minimum atomic E-state index is -0.981. The number of methoxy groups -OCH3 is 2. The van der Waals surface area contributed by atoms with E-state index in [1.807, 2.05) is 6.07 Å². The molecule has 2 aliphatic heterocycles. The number of rotatable bonds is 6. The molecule has 5 rings (SSSR count). The molecule has 0 radical (unpaired) electrons. The van der Waals surface area contributed by atoms with E-state index in [1.165, 1.54) is 19.1 Å². The molecule has 2 N–H and O–H groups in total. The fourth-order valence-electron chi connectivity index (χ4n) is 4.51. The van der Waals surface area contributed by atoms with Crippen molar-refractivity contribution in [2.45, 2.75) is 25.6 Å². The van der Waals surface area contributed by atoms with Crippen LogP contribution in [0.2, 0.25) is 0 Å². The van der Waals surface area contributed by atoms with Gasteiger partial charge in [0.25, 0.3) is 0 Å². The first-order chi connectivity index (χ1) is 16.4. The highest BCUT2D eigenvalue weighted by Gasteiger charge is 2.36. The minimum Gasteiger partial charge on any atom is -0.493 e. The van der Waals surface area contributed by atoms with E-state index in [1.54, 1.807) is 13.2 Å². The quantitative estimate of drug-likeness (QED) is 0.571. The molecule has 3 aromatic rings. The molecule has 1 unspecified atom stereocenters. The van der Waals surface area contributed by atoms with E-state index >= 15 is 8.78 Å². The van der Waals surface area contributed by atoms with E-state index in [-0.39, 0.29) is 18.0 Å². The molecule has 9 nitrogen and oxygen atoms in total. The molecule has 1 atom stereocenters. The van der Waals surface area contributed by atoms with E-state index in [9.17, 15) is 4.79 Å². The lowest BCUT2D eigenvalue weighted by Crippen LogP contribution is -2.46. The molecule has 180 valence electrons. The standard InChI is InChI=1S/C23H25F2N5O4/c1-29-20-12(8-27-22-15(20)6-14(28-22)9-26-13-4-5-34-11-13)10-30(23(29)31)21-18(24)16(32-2)7-17(33-3)19(21)25/h6-8,13,26H,4-5,9-11H2,1-3H3,(H,27,28). The number of ether oxygens (including phenoxy) is 3. The maximum absolute atomic E-state index is 15.1. The summed E-state index contributed by atoms with van der Waals surface area (Å²) in [6.45, 7) is 1.97. The highest BCUT2D eigenvalue weighted by Crippen LogP contribution is 2.42. The number of aromatic nitrogens is 2. The molecule has 11 heteroatoms. The molecule has 0 bridgehead atoms. The Balaban J connectivity index is 1.51. The zero-order valence-electron chi connectivity index (χ0n) is 19.1. The Morgan fingerprint density at radius 1 is 1.21 bits per heavy atom. The second-order valence-corrected chi connectivity index (χ2v) is 8.32. The van der Waals surface area contributed by atoms with Crippen molar-refractivity contribution in [3.63, 3.8) is 0 Å². The summed E-state index contributed by atoms with van der Waals surface area (Å²) >= 11 is 0. The minimum absolute atomic E-state index is 0.0657. The third kappa shape index (κ3) is 3.61. The lowest BCUT2D eigenvalue weighted by molar-refractivity contribution is 0.189. The highest BCUT2D eigenvalue weighted by molar-refractivity contribution is 6.11. The number of pyridine rings is 1. The Labute approximate surface area is 194 Å². The number of benzene rings is 1. The van der Waals surface area contributed by atoms with Crippen LogP contribution in [0.4, 0.5) is 25.0 Å². The van der Waals surface area contributed by atoms with E-state index in [2.05, 4.69) is 15.3 Å². The van der Waals surface area contributed by atoms with Crippen LogP contribution in [0.25, 0.3) is 11.0 Å². The third-order valence-electron chi connectivity index (χ3n) is 6.27. The fraction of sp³-hybridized carbons (Fsp3) is 0.391. The number of amides is 2. The van der Waals surface area contributed by atoms with Gasteiger partial charge in [-0.2, -0.15) is 0 Å². The summed E-state index contributed by atoms with van der Waals surface area (Å²) in [7, 11) is 4.09.